The molecule has 2 aliphatic rings. The summed E-state index contributed by atoms with van der Waals surface area (Å²) in [5.74, 6) is 1.85. The number of guanidine groups is 1. The van der Waals surface area contributed by atoms with Crippen molar-refractivity contribution < 1.29 is 0 Å². The topological polar surface area (TPSA) is 43.8 Å². The van der Waals surface area contributed by atoms with Crippen molar-refractivity contribution in [2.75, 3.05) is 39.3 Å². The molecule has 1 N–H and O–H groups in total. The van der Waals surface area contributed by atoms with Gasteiger partial charge in [-0.2, -0.15) is 0 Å². The minimum Gasteiger partial charge on any atom is -0.357 e. The summed E-state index contributed by atoms with van der Waals surface area (Å²) in [6.45, 7) is 14.1. The zero-order chi connectivity index (χ0) is 17.6. The second-order valence-electron chi connectivity index (χ2n) is 7.38. The Balaban J connectivity index is 1.55. The van der Waals surface area contributed by atoms with Crippen molar-refractivity contribution in [3.63, 3.8) is 0 Å². The third kappa shape index (κ3) is 5.17. The summed E-state index contributed by atoms with van der Waals surface area (Å²) in [6, 6.07) is 0. The Labute approximate surface area is 156 Å². The Morgan fingerprint density at radius 1 is 1.24 bits per heavy atom. The first-order valence-electron chi connectivity index (χ1n) is 9.84. The number of aliphatic imine (C=N–C) groups is 1. The summed E-state index contributed by atoms with van der Waals surface area (Å²) < 4.78 is 0. The molecule has 1 aromatic heterocycles. The van der Waals surface area contributed by atoms with Gasteiger partial charge < -0.3 is 15.1 Å². The molecule has 5 nitrogen and oxygen atoms in total. The monoisotopic (exact) mass is 363 g/mol. The highest BCUT2D eigenvalue weighted by Gasteiger charge is 2.27. The molecule has 1 unspecified atom stereocenters. The predicted octanol–water partition coefficient (Wildman–Crippen LogP) is 3.03. The maximum Gasteiger partial charge on any atom is 0.194 e. The molecule has 2 saturated heterocycles. The lowest BCUT2D eigenvalue weighted by Gasteiger charge is -2.29. The second-order valence-corrected chi connectivity index (χ2v) is 8.67. The molecule has 6 heteroatoms. The van der Waals surface area contributed by atoms with E-state index < -0.39 is 0 Å². The fourth-order valence-electron chi connectivity index (χ4n) is 3.86. The Morgan fingerprint density at radius 2 is 2.04 bits per heavy atom. The predicted molar refractivity (Wildman–Crippen MR) is 106 cm³/mol. The number of nitrogens with zero attached hydrogens (tertiary/aromatic N) is 4. The molecule has 25 heavy (non-hydrogen) atoms. The first-order valence-corrected chi connectivity index (χ1v) is 10.7. The lowest BCUT2D eigenvalue weighted by molar-refractivity contribution is 0.198. The smallest absolute Gasteiger partial charge is 0.194 e. The number of piperidine rings is 1. The van der Waals surface area contributed by atoms with Crippen LogP contribution in [0.3, 0.4) is 0 Å². The normalized spacial score (nSPS) is 22.6. The van der Waals surface area contributed by atoms with Crippen molar-refractivity contribution in [2.24, 2.45) is 10.9 Å². The minimum atomic E-state index is 0.689. The molecule has 140 valence electrons. The van der Waals surface area contributed by atoms with Gasteiger partial charge in [-0.1, -0.05) is 6.42 Å². The SMILES string of the molecule is CCNC(=NCc1nc(C)c(C)s1)N1CCC(CN2CCCCC2)C1. The average molecular weight is 364 g/mol. The molecule has 0 radical (unpaired) electrons. The molecule has 0 saturated carbocycles. The minimum absolute atomic E-state index is 0.689. The third-order valence-corrected chi connectivity index (χ3v) is 6.38. The molecule has 0 bridgehead atoms. The van der Waals surface area contributed by atoms with Crippen LogP contribution in [0.1, 0.15) is 48.2 Å². The Morgan fingerprint density at radius 3 is 2.72 bits per heavy atom. The first kappa shape index (κ1) is 18.6. The fourth-order valence-corrected chi connectivity index (χ4v) is 4.71. The van der Waals surface area contributed by atoms with Gasteiger partial charge in [0, 0.05) is 31.1 Å². The highest BCUT2D eigenvalue weighted by molar-refractivity contribution is 7.11. The maximum absolute atomic E-state index is 4.87. The van der Waals surface area contributed by atoms with Crippen molar-refractivity contribution in [2.45, 2.75) is 53.0 Å². The Hall–Kier alpha value is -1.14. The number of hydrogen-bond acceptors (Lipinski definition) is 4. The van der Waals surface area contributed by atoms with Gasteiger partial charge in [-0.05, 0) is 59.0 Å². The molecule has 0 aliphatic carbocycles. The maximum atomic E-state index is 4.87. The van der Waals surface area contributed by atoms with E-state index in [1.54, 1.807) is 11.3 Å². The van der Waals surface area contributed by atoms with E-state index in [2.05, 4.69) is 40.9 Å². The quantitative estimate of drug-likeness (QED) is 0.645. The molecule has 1 atom stereocenters. The third-order valence-electron chi connectivity index (χ3n) is 5.32. The van der Waals surface area contributed by atoms with E-state index in [1.165, 1.54) is 50.2 Å². The zero-order valence-electron chi connectivity index (χ0n) is 16.1. The molecule has 0 spiro atoms. The van der Waals surface area contributed by atoms with Crippen LogP contribution < -0.4 is 5.32 Å². The molecular weight excluding hydrogens is 330 g/mol. The van der Waals surface area contributed by atoms with E-state index in [9.17, 15) is 0 Å². The number of thiazole rings is 1. The van der Waals surface area contributed by atoms with E-state index >= 15 is 0 Å². The van der Waals surface area contributed by atoms with Crippen LogP contribution in [0.5, 0.6) is 0 Å². The van der Waals surface area contributed by atoms with Crippen molar-refractivity contribution in [3.8, 4) is 0 Å². The number of aromatic nitrogens is 1. The van der Waals surface area contributed by atoms with Crippen LogP contribution in [0.2, 0.25) is 0 Å². The van der Waals surface area contributed by atoms with Crippen LogP contribution in [0.25, 0.3) is 0 Å². The van der Waals surface area contributed by atoms with Crippen LogP contribution in [-0.2, 0) is 6.54 Å². The highest BCUT2D eigenvalue weighted by atomic mass is 32.1. The summed E-state index contributed by atoms with van der Waals surface area (Å²) in [6.07, 6.45) is 5.47. The molecule has 3 rings (SSSR count). The lowest BCUT2D eigenvalue weighted by Crippen LogP contribution is -2.41. The number of hydrogen-bond donors (Lipinski definition) is 1. The van der Waals surface area contributed by atoms with Crippen molar-refractivity contribution in [1.29, 1.82) is 0 Å². The van der Waals surface area contributed by atoms with Gasteiger partial charge in [-0.15, -0.1) is 11.3 Å². The average Bonchev–Trinajstić information content (AvgIpc) is 3.19. The van der Waals surface area contributed by atoms with Crippen LogP contribution in [-0.4, -0.2) is 60.0 Å². The molecule has 2 aliphatic heterocycles. The molecule has 0 aromatic carbocycles. The van der Waals surface area contributed by atoms with Gasteiger partial charge in [0.1, 0.15) is 5.01 Å². The number of rotatable bonds is 5. The number of aryl methyl sites for hydroxylation is 2. The van der Waals surface area contributed by atoms with E-state index in [0.717, 1.165) is 42.2 Å². The van der Waals surface area contributed by atoms with Crippen LogP contribution in [0.15, 0.2) is 4.99 Å². The van der Waals surface area contributed by atoms with Gasteiger partial charge >= 0.3 is 0 Å². The van der Waals surface area contributed by atoms with Gasteiger partial charge in [0.05, 0.1) is 12.2 Å². The van der Waals surface area contributed by atoms with E-state index in [1.807, 2.05) is 0 Å². The van der Waals surface area contributed by atoms with Gasteiger partial charge in [0.25, 0.3) is 0 Å². The lowest BCUT2D eigenvalue weighted by atomic mass is 10.1. The zero-order valence-corrected chi connectivity index (χ0v) is 16.9. The summed E-state index contributed by atoms with van der Waals surface area (Å²) in [7, 11) is 0. The molecule has 1 aromatic rings. The van der Waals surface area contributed by atoms with E-state index in [4.69, 9.17) is 4.99 Å². The molecule has 2 fully saturated rings. The molecule has 3 heterocycles. The highest BCUT2D eigenvalue weighted by Crippen LogP contribution is 2.21. The van der Waals surface area contributed by atoms with Crippen molar-refractivity contribution in [3.05, 3.63) is 15.6 Å². The largest absolute Gasteiger partial charge is 0.357 e. The van der Waals surface area contributed by atoms with Crippen LogP contribution in [0.4, 0.5) is 0 Å². The van der Waals surface area contributed by atoms with E-state index in [0.29, 0.717) is 6.54 Å². The summed E-state index contributed by atoms with van der Waals surface area (Å²) >= 11 is 1.77. The Kier molecular flexibility index (Phi) is 6.70. The second kappa shape index (κ2) is 8.99. The summed E-state index contributed by atoms with van der Waals surface area (Å²) in [5.41, 5.74) is 1.14. The Bertz CT molecular complexity index is 557. The first-order chi connectivity index (χ1) is 12.2. The van der Waals surface area contributed by atoms with Crippen molar-refractivity contribution >= 4 is 17.3 Å². The van der Waals surface area contributed by atoms with Crippen molar-refractivity contribution in [1.82, 2.24) is 20.1 Å². The molecular formula is C19H33N5S. The fraction of sp³-hybridized carbons (Fsp3) is 0.789. The van der Waals surface area contributed by atoms with Gasteiger partial charge in [0.15, 0.2) is 5.96 Å². The van der Waals surface area contributed by atoms with Gasteiger partial charge in [-0.25, -0.2) is 9.98 Å². The van der Waals surface area contributed by atoms with Gasteiger partial charge in [-0.3, -0.25) is 0 Å². The van der Waals surface area contributed by atoms with E-state index in [-0.39, 0.29) is 0 Å². The number of likely N-dealkylation sites (tertiary alicyclic amines) is 2. The summed E-state index contributed by atoms with van der Waals surface area (Å²) in [5, 5.41) is 4.60. The van der Waals surface area contributed by atoms with Crippen LogP contribution in [0, 0.1) is 19.8 Å². The summed E-state index contributed by atoms with van der Waals surface area (Å²) in [4.78, 5) is 15.9. The standard InChI is InChI=1S/C19H33N5S/c1-4-20-19(21-12-18-22-15(2)16(3)25-18)24-11-8-17(14-24)13-23-9-6-5-7-10-23/h17H,4-14H2,1-3H3,(H,20,21). The number of nitrogens with one attached hydrogen (secondary N) is 1. The molecule has 0 amide bonds. The van der Waals surface area contributed by atoms with Crippen LogP contribution >= 0.6 is 11.3 Å². The van der Waals surface area contributed by atoms with Gasteiger partial charge in [0.2, 0.25) is 0 Å².